The molecule has 3 nitrogen and oxygen atoms in total. The molecule has 0 saturated carbocycles. The first-order valence-electron chi connectivity index (χ1n) is 7.90. The molecule has 1 amide bonds. The highest BCUT2D eigenvalue weighted by molar-refractivity contribution is 5.68. The summed E-state index contributed by atoms with van der Waals surface area (Å²) in [7, 11) is 0. The summed E-state index contributed by atoms with van der Waals surface area (Å²) in [5.41, 5.74) is 1.89. The first kappa shape index (κ1) is 15.5. The summed E-state index contributed by atoms with van der Waals surface area (Å²) in [6, 6.07) is 18.9. The first-order valence-corrected chi connectivity index (χ1v) is 7.90. The lowest BCUT2D eigenvalue weighted by Gasteiger charge is -2.36. The van der Waals surface area contributed by atoms with Gasteiger partial charge in [0.2, 0.25) is 0 Å². The van der Waals surface area contributed by atoms with Crippen LogP contribution in [0.2, 0.25) is 0 Å². The van der Waals surface area contributed by atoms with Gasteiger partial charge in [0.05, 0.1) is 6.04 Å². The van der Waals surface area contributed by atoms with Crippen molar-refractivity contribution in [2.45, 2.75) is 31.7 Å². The van der Waals surface area contributed by atoms with Crippen molar-refractivity contribution in [1.82, 2.24) is 4.90 Å². The molecule has 0 aliphatic carbocycles. The van der Waals surface area contributed by atoms with Gasteiger partial charge in [0.1, 0.15) is 12.8 Å². The molecule has 1 aliphatic rings. The predicted octanol–water partition coefficient (Wildman–Crippen LogP) is 4.50. The number of amides is 1. The zero-order chi connectivity index (χ0) is 16.1. The van der Waals surface area contributed by atoms with Crippen molar-refractivity contribution >= 4 is 6.09 Å². The minimum atomic E-state index is -0.877. The molecule has 2 aromatic carbocycles. The van der Waals surface area contributed by atoms with Gasteiger partial charge in [-0.05, 0) is 17.5 Å². The maximum absolute atomic E-state index is 13.8. The Labute approximate surface area is 135 Å². The number of piperidine rings is 1. The standard InChI is InChI=1S/C19H20FNO2/c20-17-11-12-21(18(13-17)16-9-5-2-6-10-16)19(22)23-14-15-7-3-1-4-8-15/h1-10,17-18H,11-14H2/t17-,18-/m1/s1. The summed E-state index contributed by atoms with van der Waals surface area (Å²) in [6.07, 6.45) is -0.568. The Bertz CT molecular complexity index is 632. The molecule has 0 unspecified atom stereocenters. The monoisotopic (exact) mass is 313 g/mol. The van der Waals surface area contributed by atoms with Crippen LogP contribution in [0.25, 0.3) is 0 Å². The van der Waals surface area contributed by atoms with Crippen molar-refractivity contribution in [2.75, 3.05) is 6.54 Å². The molecule has 1 saturated heterocycles. The SMILES string of the molecule is O=C(OCc1ccccc1)N1CC[C@@H](F)C[C@@H]1c1ccccc1. The fraction of sp³-hybridized carbons (Fsp3) is 0.316. The van der Waals surface area contributed by atoms with E-state index in [0.717, 1.165) is 11.1 Å². The number of carbonyl (C=O) groups is 1. The molecule has 0 radical (unpaired) electrons. The van der Waals surface area contributed by atoms with Crippen molar-refractivity contribution in [3.63, 3.8) is 0 Å². The van der Waals surface area contributed by atoms with Crippen LogP contribution in [0.3, 0.4) is 0 Å². The number of alkyl halides is 1. The van der Waals surface area contributed by atoms with E-state index in [0.29, 0.717) is 19.4 Å². The minimum absolute atomic E-state index is 0.233. The lowest BCUT2D eigenvalue weighted by molar-refractivity contribution is 0.0498. The van der Waals surface area contributed by atoms with E-state index in [1.807, 2.05) is 60.7 Å². The molecule has 3 rings (SSSR count). The number of benzene rings is 2. The van der Waals surface area contributed by atoms with Gasteiger partial charge in [-0.25, -0.2) is 9.18 Å². The molecule has 0 bridgehead atoms. The average molecular weight is 313 g/mol. The highest BCUT2D eigenvalue weighted by atomic mass is 19.1. The molecule has 1 heterocycles. The van der Waals surface area contributed by atoms with Crippen LogP contribution in [-0.2, 0) is 11.3 Å². The minimum Gasteiger partial charge on any atom is -0.445 e. The Morgan fingerprint density at radius 2 is 1.74 bits per heavy atom. The second-order valence-corrected chi connectivity index (χ2v) is 5.78. The molecule has 0 spiro atoms. The highest BCUT2D eigenvalue weighted by Crippen LogP contribution is 2.32. The quantitative estimate of drug-likeness (QED) is 0.835. The first-order chi connectivity index (χ1) is 11.2. The molecule has 1 fully saturated rings. The van der Waals surface area contributed by atoms with Crippen LogP contribution in [0.5, 0.6) is 0 Å². The Morgan fingerprint density at radius 1 is 1.09 bits per heavy atom. The Morgan fingerprint density at radius 3 is 2.43 bits per heavy atom. The van der Waals surface area contributed by atoms with Crippen molar-refractivity contribution in [3.8, 4) is 0 Å². The van der Waals surface area contributed by atoms with E-state index in [1.165, 1.54) is 0 Å². The van der Waals surface area contributed by atoms with E-state index in [9.17, 15) is 9.18 Å². The van der Waals surface area contributed by atoms with Crippen molar-refractivity contribution < 1.29 is 13.9 Å². The number of hydrogen-bond acceptors (Lipinski definition) is 2. The average Bonchev–Trinajstić information content (AvgIpc) is 2.61. The zero-order valence-electron chi connectivity index (χ0n) is 12.9. The molecule has 0 aromatic heterocycles. The molecule has 1 aliphatic heterocycles. The third-order valence-electron chi connectivity index (χ3n) is 4.16. The van der Waals surface area contributed by atoms with Gasteiger partial charge in [0, 0.05) is 13.0 Å². The van der Waals surface area contributed by atoms with Crippen LogP contribution < -0.4 is 0 Å². The molecule has 23 heavy (non-hydrogen) atoms. The third kappa shape index (κ3) is 3.89. The van der Waals surface area contributed by atoms with Gasteiger partial charge < -0.3 is 9.64 Å². The Balaban J connectivity index is 1.69. The molecule has 120 valence electrons. The van der Waals surface area contributed by atoms with Crippen LogP contribution in [0.1, 0.15) is 30.0 Å². The number of rotatable bonds is 3. The van der Waals surface area contributed by atoms with Crippen LogP contribution in [0, 0.1) is 0 Å². The van der Waals surface area contributed by atoms with E-state index in [4.69, 9.17) is 4.74 Å². The summed E-state index contributed by atoms with van der Waals surface area (Å²) in [5, 5.41) is 0. The van der Waals surface area contributed by atoms with E-state index in [1.54, 1.807) is 4.90 Å². The van der Waals surface area contributed by atoms with Gasteiger partial charge in [-0.3, -0.25) is 0 Å². The molecule has 4 heteroatoms. The normalized spacial score (nSPS) is 21.0. The third-order valence-corrected chi connectivity index (χ3v) is 4.16. The van der Waals surface area contributed by atoms with Crippen LogP contribution in [0.4, 0.5) is 9.18 Å². The number of likely N-dealkylation sites (tertiary alicyclic amines) is 1. The number of ether oxygens (including phenoxy) is 1. The van der Waals surface area contributed by atoms with Gasteiger partial charge >= 0.3 is 6.09 Å². The lowest BCUT2D eigenvalue weighted by Crippen LogP contribution is -2.41. The topological polar surface area (TPSA) is 29.5 Å². The van der Waals surface area contributed by atoms with E-state index < -0.39 is 6.17 Å². The highest BCUT2D eigenvalue weighted by Gasteiger charge is 2.33. The lowest BCUT2D eigenvalue weighted by atomic mass is 9.94. The number of halogens is 1. The zero-order valence-corrected chi connectivity index (χ0v) is 12.9. The summed E-state index contributed by atoms with van der Waals surface area (Å²) < 4.78 is 19.2. The Hall–Kier alpha value is -2.36. The molecule has 0 N–H and O–H groups in total. The maximum atomic E-state index is 13.8. The van der Waals surface area contributed by atoms with Crippen molar-refractivity contribution in [2.24, 2.45) is 0 Å². The van der Waals surface area contributed by atoms with Crippen LogP contribution in [-0.4, -0.2) is 23.7 Å². The second-order valence-electron chi connectivity index (χ2n) is 5.78. The van der Waals surface area contributed by atoms with E-state index in [-0.39, 0.29) is 18.7 Å². The molecule has 2 atom stereocenters. The number of hydrogen-bond donors (Lipinski definition) is 0. The maximum Gasteiger partial charge on any atom is 0.410 e. The van der Waals surface area contributed by atoms with E-state index >= 15 is 0 Å². The summed E-state index contributed by atoms with van der Waals surface area (Å²) in [4.78, 5) is 14.1. The number of carbonyl (C=O) groups excluding carboxylic acids is 1. The van der Waals surface area contributed by atoms with E-state index in [2.05, 4.69) is 0 Å². The number of nitrogens with zero attached hydrogens (tertiary/aromatic N) is 1. The molecule has 2 aromatic rings. The van der Waals surface area contributed by atoms with Gasteiger partial charge in [-0.15, -0.1) is 0 Å². The van der Waals surface area contributed by atoms with Gasteiger partial charge in [-0.2, -0.15) is 0 Å². The van der Waals surface area contributed by atoms with Crippen LogP contribution >= 0.6 is 0 Å². The predicted molar refractivity (Wildman–Crippen MR) is 86.6 cm³/mol. The summed E-state index contributed by atoms with van der Waals surface area (Å²) >= 11 is 0. The van der Waals surface area contributed by atoms with Gasteiger partial charge in [0.25, 0.3) is 0 Å². The van der Waals surface area contributed by atoms with Gasteiger partial charge in [-0.1, -0.05) is 60.7 Å². The fourth-order valence-electron chi connectivity index (χ4n) is 2.93. The second kappa shape index (κ2) is 7.27. The summed E-state index contributed by atoms with van der Waals surface area (Å²) in [5.74, 6) is 0. The smallest absolute Gasteiger partial charge is 0.410 e. The largest absolute Gasteiger partial charge is 0.445 e. The van der Waals surface area contributed by atoms with Crippen molar-refractivity contribution in [3.05, 3.63) is 71.8 Å². The Kier molecular flexibility index (Phi) is 4.91. The molecular formula is C19H20FNO2. The van der Waals surface area contributed by atoms with Crippen LogP contribution in [0.15, 0.2) is 60.7 Å². The fourth-order valence-corrected chi connectivity index (χ4v) is 2.93. The van der Waals surface area contributed by atoms with Gasteiger partial charge in [0.15, 0.2) is 0 Å². The summed E-state index contributed by atoms with van der Waals surface area (Å²) in [6.45, 7) is 0.616. The molecular weight excluding hydrogens is 293 g/mol. The van der Waals surface area contributed by atoms with Crippen molar-refractivity contribution in [1.29, 1.82) is 0 Å².